The lowest BCUT2D eigenvalue weighted by Gasteiger charge is -2.28. The van der Waals surface area contributed by atoms with Crippen molar-refractivity contribution in [2.75, 3.05) is 6.54 Å². The van der Waals surface area contributed by atoms with Crippen LogP contribution >= 0.6 is 0 Å². The molecule has 1 aliphatic rings. The normalized spacial score (nSPS) is 21.0. The third kappa shape index (κ3) is 3.48. The molecule has 1 aliphatic carbocycles. The summed E-state index contributed by atoms with van der Waals surface area (Å²) in [7, 11) is 0. The van der Waals surface area contributed by atoms with Gasteiger partial charge in [0, 0.05) is 6.04 Å². The van der Waals surface area contributed by atoms with Gasteiger partial charge in [-0.2, -0.15) is 0 Å². The second-order valence-corrected chi connectivity index (χ2v) is 3.73. The lowest BCUT2D eigenvalue weighted by atomic mass is 9.81. The number of nitrogens with one attached hydrogen (secondary N) is 1. The summed E-state index contributed by atoms with van der Waals surface area (Å²) < 4.78 is 23.5. The van der Waals surface area contributed by atoms with E-state index in [4.69, 9.17) is 0 Å². The zero-order valence-electron chi connectivity index (χ0n) is 7.52. The number of hydrogen-bond donors (Lipinski definition) is 1. The molecule has 0 heterocycles. The summed E-state index contributed by atoms with van der Waals surface area (Å²) in [6.45, 7) is 1.83. The molecule has 0 bridgehead atoms. The predicted octanol–water partition coefficient (Wildman–Crippen LogP) is 2.42. The van der Waals surface area contributed by atoms with Gasteiger partial charge >= 0.3 is 0 Å². The van der Waals surface area contributed by atoms with Crippen LogP contribution in [0.3, 0.4) is 0 Å². The Bertz CT molecular complexity index is 124. The Kier molecular flexibility index (Phi) is 3.92. The molecule has 12 heavy (non-hydrogen) atoms. The summed E-state index contributed by atoms with van der Waals surface area (Å²) in [5.74, 6) is 0.796. The maximum Gasteiger partial charge on any atom is 0.250 e. The van der Waals surface area contributed by atoms with Gasteiger partial charge < -0.3 is 5.32 Å². The van der Waals surface area contributed by atoms with E-state index >= 15 is 0 Å². The molecule has 0 aromatic heterocycles. The van der Waals surface area contributed by atoms with Gasteiger partial charge in [-0.3, -0.25) is 0 Å². The monoisotopic (exact) mass is 177 g/mol. The summed E-state index contributed by atoms with van der Waals surface area (Å²) in [4.78, 5) is 0. The minimum absolute atomic E-state index is 0.159. The summed E-state index contributed by atoms with van der Waals surface area (Å²) in [5, 5.41) is 2.83. The molecular weight excluding hydrogens is 160 g/mol. The molecule has 72 valence electrons. The van der Waals surface area contributed by atoms with Gasteiger partial charge in [-0.25, -0.2) is 8.78 Å². The van der Waals surface area contributed by atoms with Crippen molar-refractivity contribution in [1.82, 2.24) is 5.32 Å². The highest BCUT2D eigenvalue weighted by molar-refractivity contribution is 4.74. The Morgan fingerprint density at radius 3 is 2.50 bits per heavy atom. The zero-order chi connectivity index (χ0) is 8.97. The fourth-order valence-corrected chi connectivity index (χ4v) is 1.60. The van der Waals surface area contributed by atoms with E-state index in [-0.39, 0.29) is 12.6 Å². The lowest BCUT2D eigenvalue weighted by molar-refractivity contribution is 0.138. The van der Waals surface area contributed by atoms with Crippen molar-refractivity contribution in [2.24, 2.45) is 5.92 Å². The number of halogens is 2. The average molecular weight is 177 g/mol. The Morgan fingerprint density at radius 1 is 1.42 bits per heavy atom. The molecule has 0 aromatic rings. The van der Waals surface area contributed by atoms with Gasteiger partial charge in [-0.15, -0.1) is 0 Å². The Balaban J connectivity index is 1.98. The molecule has 0 amide bonds. The first kappa shape index (κ1) is 9.90. The van der Waals surface area contributed by atoms with Crippen molar-refractivity contribution in [3.05, 3.63) is 0 Å². The Hall–Kier alpha value is -0.180. The van der Waals surface area contributed by atoms with Gasteiger partial charge in [-0.1, -0.05) is 19.3 Å². The number of hydrogen-bond acceptors (Lipinski definition) is 1. The first-order chi connectivity index (χ1) is 5.68. The van der Waals surface area contributed by atoms with Crippen LogP contribution in [0.25, 0.3) is 0 Å². The molecule has 3 heteroatoms. The smallest absolute Gasteiger partial charge is 0.250 e. The van der Waals surface area contributed by atoms with Crippen molar-refractivity contribution < 1.29 is 8.78 Å². The molecule has 0 spiro atoms. The summed E-state index contributed by atoms with van der Waals surface area (Å²) in [6.07, 6.45) is 2.76. The highest BCUT2D eigenvalue weighted by Gasteiger charge is 2.19. The van der Waals surface area contributed by atoms with Crippen LogP contribution in [-0.2, 0) is 0 Å². The molecule has 1 unspecified atom stereocenters. The zero-order valence-corrected chi connectivity index (χ0v) is 7.52. The summed E-state index contributed by atoms with van der Waals surface area (Å²) in [5.41, 5.74) is 0. The third-order valence-electron chi connectivity index (χ3n) is 2.53. The molecule has 0 radical (unpaired) electrons. The first-order valence-electron chi connectivity index (χ1n) is 4.70. The van der Waals surface area contributed by atoms with E-state index in [9.17, 15) is 8.78 Å². The van der Waals surface area contributed by atoms with E-state index in [1.807, 2.05) is 6.92 Å². The lowest BCUT2D eigenvalue weighted by Crippen LogP contribution is -2.33. The molecule has 0 aromatic carbocycles. The molecule has 1 saturated carbocycles. The molecule has 1 atom stereocenters. The van der Waals surface area contributed by atoms with Gasteiger partial charge in [0.15, 0.2) is 0 Å². The highest BCUT2D eigenvalue weighted by atomic mass is 19.3. The van der Waals surface area contributed by atoms with Crippen LogP contribution < -0.4 is 5.32 Å². The van der Waals surface area contributed by atoms with Crippen molar-refractivity contribution in [1.29, 1.82) is 0 Å². The molecule has 0 saturated heterocycles. The van der Waals surface area contributed by atoms with E-state index in [1.165, 1.54) is 19.3 Å². The highest BCUT2D eigenvalue weighted by Crippen LogP contribution is 2.30. The van der Waals surface area contributed by atoms with Gasteiger partial charge in [0.2, 0.25) is 0 Å². The summed E-state index contributed by atoms with van der Waals surface area (Å²) in [6, 6.07) is 0.254. The van der Waals surface area contributed by atoms with E-state index in [0.717, 1.165) is 12.3 Å². The molecule has 0 aliphatic heterocycles. The van der Waals surface area contributed by atoms with Gasteiger partial charge in [0.05, 0.1) is 6.54 Å². The van der Waals surface area contributed by atoms with E-state index in [1.54, 1.807) is 0 Å². The first-order valence-corrected chi connectivity index (χ1v) is 4.70. The van der Waals surface area contributed by atoms with E-state index < -0.39 is 6.43 Å². The van der Waals surface area contributed by atoms with Crippen LogP contribution in [0.1, 0.15) is 32.6 Å². The predicted molar refractivity (Wildman–Crippen MR) is 45.4 cm³/mol. The maximum absolute atomic E-state index is 11.8. The maximum atomic E-state index is 11.8. The number of alkyl halides is 2. The Labute approximate surface area is 72.5 Å². The fourth-order valence-electron chi connectivity index (χ4n) is 1.60. The van der Waals surface area contributed by atoms with Crippen LogP contribution in [0.5, 0.6) is 0 Å². The molecule has 1 fully saturated rings. The van der Waals surface area contributed by atoms with Gasteiger partial charge in [0.25, 0.3) is 6.43 Å². The summed E-state index contributed by atoms with van der Waals surface area (Å²) >= 11 is 0. The van der Waals surface area contributed by atoms with Crippen molar-refractivity contribution >= 4 is 0 Å². The van der Waals surface area contributed by atoms with Crippen molar-refractivity contribution in [3.63, 3.8) is 0 Å². The van der Waals surface area contributed by atoms with Crippen molar-refractivity contribution in [2.45, 2.75) is 45.1 Å². The van der Waals surface area contributed by atoms with Crippen LogP contribution in [0, 0.1) is 5.92 Å². The van der Waals surface area contributed by atoms with E-state index in [0.29, 0.717) is 0 Å². The fraction of sp³-hybridized carbons (Fsp3) is 1.00. The van der Waals surface area contributed by atoms with Crippen LogP contribution in [-0.4, -0.2) is 19.0 Å². The van der Waals surface area contributed by atoms with Crippen LogP contribution in [0.15, 0.2) is 0 Å². The molecular formula is C9H17F2N. The Morgan fingerprint density at radius 2 is 2.08 bits per heavy atom. The quantitative estimate of drug-likeness (QED) is 0.680. The molecule has 1 nitrogen and oxygen atoms in total. The van der Waals surface area contributed by atoms with Crippen LogP contribution in [0.4, 0.5) is 8.78 Å². The third-order valence-corrected chi connectivity index (χ3v) is 2.53. The van der Waals surface area contributed by atoms with Crippen LogP contribution in [0.2, 0.25) is 0 Å². The minimum atomic E-state index is -2.21. The molecule has 1 rings (SSSR count). The number of rotatable bonds is 5. The second-order valence-electron chi connectivity index (χ2n) is 3.73. The average Bonchev–Trinajstić information content (AvgIpc) is 1.93. The minimum Gasteiger partial charge on any atom is -0.309 e. The second kappa shape index (κ2) is 4.75. The molecule has 1 N–H and O–H groups in total. The standard InChI is InChI=1S/C9H17F2N/c1-7(12-6-9(10)11)5-8-3-2-4-8/h7-9,12H,2-6H2,1H3. The van der Waals surface area contributed by atoms with Gasteiger partial charge in [0.1, 0.15) is 0 Å². The van der Waals surface area contributed by atoms with Crippen molar-refractivity contribution in [3.8, 4) is 0 Å². The van der Waals surface area contributed by atoms with E-state index in [2.05, 4.69) is 5.32 Å². The SMILES string of the molecule is CC(CC1CCC1)NCC(F)F. The topological polar surface area (TPSA) is 12.0 Å². The van der Waals surface area contributed by atoms with Gasteiger partial charge in [-0.05, 0) is 19.3 Å². The largest absolute Gasteiger partial charge is 0.309 e.